The van der Waals surface area contributed by atoms with Gasteiger partial charge in [-0.15, -0.1) is 0 Å². The molecule has 6 rings (SSSR count). The first kappa shape index (κ1) is 25.3. The van der Waals surface area contributed by atoms with Crippen molar-refractivity contribution in [3.05, 3.63) is 132 Å². The lowest BCUT2D eigenvalue weighted by Crippen LogP contribution is -2.48. The Labute approximate surface area is 232 Å². The van der Waals surface area contributed by atoms with Crippen molar-refractivity contribution < 1.29 is 15.0 Å². The highest BCUT2D eigenvalue weighted by Gasteiger charge is 2.52. The van der Waals surface area contributed by atoms with Crippen LogP contribution in [0.25, 0.3) is 6.08 Å². The maximum atomic E-state index is 12.1. The van der Waals surface area contributed by atoms with E-state index in [1.807, 2.05) is 23.1 Å². The van der Waals surface area contributed by atoms with Crippen LogP contribution in [0.5, 0.6) is 0 Å². The summed E-state index contributed by atoms with van der Waals surface area (Å²) >= 11 is 7.53. The third-order valence-electron chi connectivity index (χ3n) is 7.20. The van der Waals surface area contributed by atoms with Crippen LogP contribution >= 0.6 is 23.4 Å². The van der Waals surface area contributed by atoms with E-state index in [1.165, 1.54) is 30.0 Å². The van der Waals surface area contributed by atoms with Gasteiger partial charge in [0.15, 0.2) is 10.9 Å². The number of hydrogen-bond donors (Lipinski definition) is 1. The van der Waals surface area contributed by atoms with Crippen molar-refractivity contribution in [2.45, 2.75) is 24.6 Å². The Hall–Kier alpha value is -3.99. The number of thioether (sulfide) groups is 1. The topological polar surface area (TPSA) is 122 Å². The van der Waals surface area contributed by atoms with E-state index in [4.69, 9.17) is 16.6 Å². The Bertz CT molecular complexity index is 1620. The van der Waals surface area contributed by atoms with Crippen molar-refractivity contribution in [2.75, 3.05) is 5.75 Å². The zero-order chi connectivity index (χ0) is 27.3. The van der Waals surface area contributed by atoms with E-state index >= 15 is 0 Å². The molecule has 2 unspecified atom stereocenters. The lowest BCUT2D eigenvalue weighted by molar-refractivity contribution is -0.385. The van der Waals surface area contributed by atoms with Crippen molar-refractivity contribution in [2.24, 2.45) is 4.99 Å². The van der Waals surface area contributed by atoms with Crippen LogP contribution in [0.2, 0.25) is 5.02 Å². The van der Waals surface area contributed by atoms with Gasteiger partial charge in [-0.05, 0) is 53.3 Å². The molecule has 1 aliphatic carbocycles. The van der Waals surface area contributed by atoms with Gasteiger partial charge >= 0.3 is 0 Å². The predicted octanol–water partition coefficient (Wildman–Crippen LogP) is 6.59. The third kappa shape index (κ3) is 4.40. The Balaban J connectivity index is 1.50. The van der Waals surface area contributed by atoms with Crippen LogP contribution in [0.4, 0.5) is 11.4 Å². The van der Waals surface area contributed by atoms with Gasteiger partial charge in [-0.25, -0.2) is 4.99 Å². The van der Waals surface area contributed by atoms with Crippen LogP contribution in [-0.4, -0.2) is 30.8 Å². The summed E-state index contributed by atoms with van der Waals surface area (Å²) < 4.78 is 0. The Morgan fingerprint density at radius 1 is 1.00 bits per heavy atom. The number of nitro benzene ring substituents is 2. The fourth-order valence-electron chi connectivity index (χ4n) is 5.41. The first-order chi connectivity index (χ1) is 18.7. The lowest BCUT2D eigenvalue weighted by Gasteiger charge is -2.43. The smallest absolute Gasteiger partial charge is 0.270 e. The van der Waals surface area contributed by atoms with Crippen LogP contribution in [0.1, 0.15) is 35.6 Å². The summed E-state index contributed by atoms with van der Waals surface area (Å²) in [7, 11) is 0. The largest absolute Gasteiger partial charge is 0.366 e. The predicted molar refractivity (Wildman–Crippen MR) is 150 cm³/mol. The summed E-state index contributed by atoms with van der Waals surface area (Å²) in [5, 5.41) is 36.2. The molecule has 3 aromatic rings. The van der Waals surface area contributed by atoms with E-state index in [-0.39, 0.29) is 11.4 Å². The maximum absolute atomic E-state index is 12.1. The summed E-state index contributed by atoms with van der Waals surface area (Å²) in [4.78, 5) is 28.9. The molecule has 3 aromatic carbocycles. The van der Waals surface area contributed by atoms with Gasteiger partial charge in [0, 0.05) is 34.9 Å². The van der Waals surface area contributed by atoms with Crippen molar-refractivity contribution in [3.8, 4) is 0 Å². The first-order valence-corrected chi connectivity index (χ1v) is 13.5. The number of nitro groups is 2. The van der Waals surface area contributed by atoms with Gasteiger partial charge < -0.3 is 10.0 Å². The summed E-state index contributed by atoms with van der Waals surface area (Å²) in [5.41, 5.74) is 3.19. The number of allylic oxidation sites excluding steroid dienone is 1. The fraction of sp³-hybridized carbons (Fsp3) is 0.179. The monoisotopic (exact) mass is 560 g/mol. The number of aliphatic hydroxyl groups is 1. The van der Waals surface area contributed by atoms with Gasteiger partial charge in [-0.3, -0.25) is 20.2 Å². The summed E-state index contributed by atoms with van der Waals surface area (Å²) in [6.07, 6.45) is 3.18. The van der Waals surface area contributed by atoms with Crippen LogP contribution in [-0.2, 0) is 5.72 Å². The molecule has 39 heavy (non-hydrogen) atoms. The van der Waals surface area contributed by atoms with E-state index < -0.39 is 21.6 Å². The molecule has 0 aromatic heterocycles. The molecule has 0 spiro atoms. The van der Waals surface area contributed by atoms with Gasteiger partial charge in [0.2, 0.25) is 0 Å². The van der Waals surface area contributed by atoms with E-state index in [0.717, 1.165) is 16.8 Å². The molecule has 0 radical (unpaired) electrons. The molecule has 0 bridgehead atoms. The minimum Gasteiger partial charge on any atom is -0.366 e. The average molecular weight is 561 g/mol. The second kappa shape index (κ2) is 9.64. The number of non-ortho nitro benzene ring substituents is 2. The molecular formula is C28H21ClN4O5S. The molecular weight excluding hydrogens is 540 g/mol. The van der Waals surface area contributed by atoms with Crippen LogP contribution in [0.15, 0.2) is 94.6 Å². The van der Waals surface area contributed by atoms with Crippen LogP contribution in [0, 0.1) is 20.2 Å². The molecule has 0 saturated carbocycles. The van der Waals surface area contributed by atoms with Gasteiger partial charge in [0.05, 0.1) is 27.3 Å². The number of amidine groups is 1. The van der Waals surface area contributed by atoms with E-state index in [2.05, 4.69) is 0 Å². The number of hydrogen-bond acceptors (Lipinski definition) is 8. The molecule has 2 aliphatic heterocycles. The van der Waals surface area contributed by atoms with Gasteiger partial charge in [0.25, 0.3) is 11.4 Å². The van der Waals surface area contributed by atoms with Gasteiger partial charge in [-0.1, -0.05) is 59.8 Å². The maximum Gasteiger partial charge on any atom is 0.270 e. The summed E-state index contributed by atoms with van der Waals surface area (Å²) in [6, 6.07) is 19.4. The van der Waals surface area contributed by atoms with Crippen molar-refractivity contribution >= 4 is 46.0 Å². The fourth-order valence-corrected chi connectivity index (χ4v) is 6.73. The van der Waals surface area contributed by atoms with Crippen molar-refractivity contribution in [1.29, 1.82) is 0 Å². The van der Waals surface area contributed by atoms with Crippen LogP contribution < -0.4 is 0 Å². The quantitative estimate of drug-likeness (QED) is 0.276. The summed E-state index contributed by atoms with van der Waals surface area (Å²) in [5.74, 6) is 0.309. The van der Waals surface area contributed by atoms with E-state index in [1.54, 1.807) is 42.5 Å². The number of aliphatic imine (C=N–C) groups is 1. The molecule has 0 amide bonds. The van der Waals surface area contributed by atoms with Crippen molar-refractivity contribution in [3.63, 3.8) is 0 Å². The lowest BCUT2D eigenvalue weighted by atomic mass is 9.91. The minimum atomic E-state index is -1.42. The summed E-state index contributed by atoms with van der Waals surface area (Å²) in [6.45, 7) is 0. The number of halogens is 1. The zero-order valence-corrected chi connectivity index (χ0v) is 21.9. The number of nitrogens with zero attached hydrogens (tertiary/aromatic N) is 4. The molecule has 9 nitrogen and oxygen atoms in total. The molecule has 2 atom stereocenters. The van der Waals surface area contributed by atoms with Crippen LogP contribution in [0.3, 0.4) is 0 Å². The number of rotatable bonds is 5. The second-order valence-electron chi connectivity index (χ2n) is 9.53. The molecule has 2 heterocycles. The SMILES string of the molecule is O=[N+]([O-])c1cccc(/C=C2\CCC3=C2N=C2SCC(O)(c4ccc(Cl)cc4)N2C3c2cccc([N+](=O)[O-])c2)c1. The Morgan fingerprint density at radius 2 is 1.69 bits per heavy atom. The normalized spacial score (nSPS) is 23.0. The highest BCUT2D eigenvalue weighted by Crippen LogP contribution is 2.54. The molecule has 1 N–H and O–H groups in total. The molecule has 1 saturated heterocycles. The molecule has 11 heteroatoms. The first-order valence-electron chi connectivity index (χ1n) is 12.2. The minimum absolute atomic E-state index is 0.00605. The standard InChI is InChI=1S/C28H21ClN4O5S/c29-21-10-8-20(9-11-21)28(34)16-39-27-30-25-18(13-17-3-1-5-22(14-17)32(35)36)7-12-24(25)26(31(27)28)19-4-2-6-23(15-19)33(37)38/h1-6,8-11,13-15,26,34H,7,12,16H2/b18-13+. The average Bonchev–Trinajstić information content (AvgIpc) is 3.49. The number of benzene rings is 3. The van der Waals surface area contributed by atoms with E-state index in [9.17, 15) is 25.3 Å². The van der Waals surface area contributed by atoms with E-state index in [0.29, 0.717) is 45.5 Å². The highest BCUT2D eigenvalue weighted by molar-refractivity contribution is 8.14. The zero-order valence-electron chi connectivity index (χ0n) is 20.4. The second-order valence-corrected chi connectivity index (χ2v) is 10.9. The molecule has 3 aliphatic rings. The number of fused-ring (bicyclic) bond motifs is 1. The third-order valence-corrected chi connectivity index (χ3v) is 8.55. The van der Waals surface area contributed by atoms with Crippen molar-refractivity contribution in [1.82, 2.24) is 4.90 Å². The Kier molecular flexibility index (Phi) is 6.25. The molecule has 1 fully saturated rings. The molecule has 196 valence electrons. The Morgan fingerprint density at radius 3 is 2.41 bits per heavy atom. The van der Waals surface area contributed by atoms with Gasteiger partial charge in [-0.2, -0.15) is 0 Å². The van der Waals surface area contributed by atoms with Gasteiger partial charge in [0.1, 0.15) is 0 Å². The highest BCUT2D eigenvalue weighted by atomic mass is 35.5.